The molecule has 6 rings (SSSR count). The standard InChI is InChI=1S/C33H39N7O3.2H2/c1-21(41)39-11-12-40-29(18-39)30(38-31(40)22-9-13-43-14-10-22)25-6-4-5-23-15-28(36-17-26(23)25)24-7-8-27(35-16-24)32(42)37-20-33(2,3)19-34;;/h4-8,15-17,22H,9-14,18-20,34H2,1-3H3,(H,37,42);2*1H. The van der Waals surface area contributed by atoms with Gasteiger partial charge in [0.25, 0.3) is 5.91 Å². The first-order valence-electron chi connectivity index (χ1n) is 15.0. The SMILES string of the molecule is CC(=O)N1CCn2c(C3CCOCC3)nc(-c3cccc4cc(-c5ccc(C(=O)NCC(C)(C)CN)nc5)ncc34)c2C1.[HH].[HH]. The van der Waals surface area contributed by atoms with E-state index < -0.39 is 0 Å². The minimum Gasteiger partial charge on any atom is -0.381 e. The molecule has 0 bridgehead atoms. The number of nitrogens with zero attached hydrogens (tertiary/aromatic N) is 5. The maximum atomic E-state index is 12.6. The van der Waals surface area contributed by atoms with Crippen molar-refractivity contribution in [2.45, 2.75) is 52.6 Å². The Balaban J connectivity index is 0.00000230. The Morgan fingerprint density at radius 3 is 2.65 bits per heavy atom. The molecule has 0 radical (unpaired) electrons. The number of imidazole rings is 1. The van der Waals surface area contributed by atoms with E-state index >= 15 is 0 Å². The number of amides is 2. The van der Waals surface area contributed by atoms with E-state index in [2.05, 4.69) is 27.0 Å². The fourth-order valence-corrected chi connectivity index (χ4v) is 5.85. The molecule has 3 N–H and O–H groups in total. The number of fused-ring (bicyclic) bond motifs is 2. The Labute approximate surface area is 254 Å². The van der Waals surface area contributed by atoms with Gasteiger partial charge in [0.2, 0.25) is 5.91 Å². The van der Waals surface area contributed by atoms with Crippen LogP contribution >= 0.6 is 0 Å². The lowest BCUT2D eigenvalue weighted by atomic mass is 9.94. The van der Waals surface area contributed by atoms with Gasteiger partial charge in [-0.1, -0.05) is 32.0 Å². The van der Waals surface area contributed by atoms with Gasteiger partial charge in [0.1, 0.15) is 11.5 Å². The number of hydrogen-bond donors (Lipinski definition) is 2. The summed E-state index contributed by atoms with van der Waals surface area (Å²) in [6, 6.07) is 11.8. The third-order valence-corrected chi connectivity index (χ3v) is 8.66. The molecule has 3 aromatic heterocycles. The summed E-state index contributed by atoms with van der Waals surface area (Å²) < 4.78 is 7.97. The fourth-order valence-electron chi connectivity index (χ4n) is 5.85. The van der Waals surface area contributed by atoms with Gasteiger partial charge in [-0.05, 0) is 48.4 Å². The molecule has 1 aromatic carbocycles. The average Bonchev–Trinajstić information content (AvgIpc) is 3.42. The topological polar surface area (TPSA) is 128 Å². The quantitative estimate of drug-likeness (QED) is 0.324. The van der Waals surface area contributed by atoms with Gasteiger partial charge in [0.15, 0.2) is 0 Å². The highest BCUT2D eigenvalue weighted by atomic mass is 16.5. The van der Waals surface area contributed by atoms with E-state index in [1.165, 1.54) is 0 Å². The zero-order valence-corrected chi connectivity index (χ0v) is 25.1. The predicted octanol–water partition coefficient (Wildman–Crippen LogP) is 4.62. The molecule has 4 aromatic rings. The summed E-state index contributed by atoms with van der Waals surface area (Å²) in [5.41, 5.74) is 10.5. The van der Waals surface area contributed by atoms with Crippen LogP contribution in [0.3, 0.4) is 0 Å². The second-order valence-electron chi connectivity index (χ2n) is 12.3. The molecule has 2 aliphatic rings. The van der Waals surface area contributed by atoms with Gasteiger partial charge in [-0.3, -0.25) is 19.6 Å². The molecule has 1 saturated heterocycles. The Kier molecular flexibility index (Phi) is 7.98. The Morgan fingerprint density at radius 1 is 1.12 bits per heavy atom. The second-order valence-corrected chi connectivity index (χ2v) is 12.3. The number of hydrogen-bond acceptors (Lipinski definition) is 7. The van der Waals surface area contributed by atoms with Crippen LogP contribution in [0.4, 0.5) is 0 Å². The second kappa shape index (κ2) is 11.9. The third kappa shape index (κ3) is 5.89. The van der Waals surface area contributed by atoms with Crippen molar-refractivity contribution in [3.05, 3.63) is 66.0 Å². The summed E-state index contributed by atoms with van der Waals surface area (Å²) in [5.74, 6) is 1.29. The van der Waals surface area contributed by atoms with Crippen LogP contribution in [0.15, 0.2) is 48.8 Å². The van der Waals surface area contributed by atoms with Crippen molar-refractivity contribution < 1.29 is 17.2 Å². The molecular weight excluding hydrogens is 542 g/mol. The fraction of sp³-hybridized carbons (Fsp3) is 0.424. The van der Waals surface area contributed by atoms with E-state index in [-0.39, 0.29) is 20.1 Å². The van der Waals surface area contributed by atoms with Crippen molar-refractivity contribution in [2.75, 3.05) is 32.8 Å². The van der Waals surface area contributed by atoms with Gasteiger partial charge in [-0.2, -0.15) is 0 Å². The summed E-state index contributed by atoms with van der Waals surface area (Å²) >= 11 is 0. The molecule has 0 spiro atoms. The molecule has 228 valence electrons. The highest BCUT2D eigenvalue weighted by Crippen LogP contribution is 2.37. The van der Waals surface area contributed by atoms with Crippen LogP contribution in [0.25, 0.3) is 33.3 Å². The molecular formula is C33H43N7O3. The number of ether oxygens (including phenoxy) is 1. The number of nitrogens with one attached hydrogen (secondary N) is 1. The van der Waals surface area contributed by atoms with Gasteiger partial charge in [-0.25, -0.2) is 4.98 Å². The number of benzene rings is 1. The normalized spacial score (nSPS) is 15.9. The van der Waals surface area contributed by atoms with Crippen molar-refractivity contribution in [1.82, 2.24) is 29.7 Å². The van der Waals surface area contributed by atoms with Gasteiger partial charge in [-0.15, -0.1) is 0 Å². The highest BCUT2D eigenvalue weighted by Gasteiger charge is 2.30. The van der Waals surface area contributed by atoms with Gasteiger partial charge >= 0.3 is 0 Å². The van der Waals surface area contributed by atoms with Crippen LogP contribution in [0, 0.1) is 5.41 Å². The van der Waals surface area contributed by atoms with Crippen LogP contribution in [-0.4, -0.2) is 69.1 Å². The smallest absolute Gasteiger partial charge is 0.269 e. The maximum Gasteiger partial charge on any atom is 0.269 e. The van der Waals surface area contributed by atoms with Crippen LogP contribution in [-0.2, 0) is 22.6 Å². The predicted molar refractivity (Wildman–Crippen MR) is 169 cm³/mol. The lowest BCUT2D eigenvalue weighted by Crippen LogP contribution is -2.38. The number of pyridine rings is 2. The third-order valence-electron chi connectivity index (χ3n) is 8.66. The molecule has 2 amide bonds. The monoisotopic (exact) mass is 585 g/mol. The van der Waals surface area contributed by atoms with E-state index in [9.17, 15) is 9.59 Å². The van der Waals surface area contributed by atoms with Gasteiger partial charge in [0.05, 0.1) is 23.6 Å². The molecule has 2 aliphatic heterocycles. The number of carbonyl (C=O) groups is 2. The number of rotatable bonds is 7. The number of nitrogens with two attached hydrogens (primary N) is 1. The van der Waals surface area contributed by atoms with Crippen molar-refractivity contribution in [3.63, 3.8) is 0 Å². The van der Waals surface area contributed by atoms with Crippen molar-refractivity contribution in [2.24, 2.45) is 11.1 Å². The summed E-state index contributed by atoms with van der Waals surface area (Å²) in [7, 11) is 0. The lowest BCUT2D eigenvalue weighted by Gasteiger charge is -2.30. The van der Waals surface area contributed by atoms with Crippen LogP contribution < -0.4 is 11.1 Å². The first-order valence-corrected chi connectivity index (χ1v) is 15.0. The van der Waals surface area contributed by atoms with E-state index in [1.807, 2.05) is 43.1 Å². The number of carbonyl (C=O) groups excluding carboxylic acids is 2. The van der Waals surface area contributed by atoms with Gasteiger partial charge in [0, 0.05) is 77.4 Å². The molecule has 1 fully saturated rings. The minimum absolute atomic E-state index is 0. The maximum absolute atomic E-state index is 12.6. The summed E-state index contributed by atoms with van der Waals surface area (Å²) in [6.07, 6.45) is 5.48. The van der Waals surface area contributed by atoms with E-state index in [0.29, 0.717) is 37.8 Å². The molecule has 0 unspecified atom stereocenters. The Morgan fingerprint density at radius 2 is 1.93 bits per heavy atom. The zero-order valence-electron chi connectivity index (χ0n) is 25.1. The largest absolute Gasteiger partial charge is 0.381 e. The van der Waals surface area contributed by atoms with Crippen molar-refractivity contribution >= 4 is 22.6 Å². The van der Waals surface area contributed by atoms with Crippen molar-refractivity contribution in [1.29, 1.82) is 0 Å². The zero-order chi connectivity index (χ0) is 30.1. The van der Waals surface area contributed by atoms with Crippen LogP contribution in [0.1, 0.15) is 64.4 Å². The van der Waals surface area contributed by atoms with E-state index in [0.717, 1.165) is 77.4 Å². The molecule has 43 heavy (non-hydrogen) atoms. The highest BCUT2D eigenvalue weighted by molar-refractivity contribution is 5.97. The molecule has 0 saturated carbocycles. The summed E-state index contributed by atoms with van der Waals surface area (Å²) in [6.45, 7) is 10.1. The molecule has 10 nitrogen and oxygen atoms in total. The van der Waals surface area contributed by atoms with E-state index in [4.69, 9.17) is 20.4 Å². The average molecular weight is 586 g/mol. The first-order chi connectivity index (χ1) is 20.7. The summed E-state index contributed by atoms with van der Waals surface area (Å²) in [5, 5.41) is 4.94. The van der Waals surface area contributed by atoms with Crippen LogP contribution in [0.2, 0.25) is 0 Å². The molecule has 5 heterocycles. The van der Waals surface area contributed by atoms with Gasteiger partial charge < -0.3 is 25.3 Å². The van der Waals surface area contributed by atoms with E-state index in [1.54, 1.807) is 19.2 Å². The number of aromatic nitrogens is 4. The Hall–Kier alpha value is -4.15. The summed E-state index contributed by atoms with van der Waals surface area (Å²) in [4.78, 5) is 41.3. The minimum atomic E-state index is -0.226. The van der Waals surface area contributed by atoms with Crippen LogP contribution in [0.5, 0.6) is 0 Å². The first kappa shape index (κ1) is 28.9. The van der Waals surface area contributed by atoms with Crippen molar-refractivity contribution in [3.8, 4) is 22.5 Å². The molecule has 0 atom stereocenters. The lowest BCUT2D eigenvalue weighted by molar-refractivity contribution is -0.130. The Bertz CT molecular complexity index is 1670. The molecule has 0 aliphatic carbocycles. The molecule has 10 heteroatoms.